The van der Waals surface area contributed by atoms with Gasteiger partial charge in [0.15, 0.2) is 5.62 Å². The number of benzene rings is 1. The van der Waals surface area contributed by atoms with Gasteiger partial charge >= 0.3 is 0 Å². The highest BCUT2D eigenvalue weighted by Gasteiger charge is 2.22. The van der Waals surface area contributed by atoms with Crippen LogP contribution in [-0.4, -0.2) is 5.62 Å². The number of fused-ring (bicyclic) bond motifs is 1. The smallest absolute Gasteiger partial charge is 0.156 e. The third-order valence-electron chi connectivity index (χ3n) is 2.51. The lowest BCUT2D eigenvalue weighted by molar-refractivity contribution is 0.642. The lowest BCUT2D eigenvalue weighted by atomic mass is 10.0. The van der Waals surface area contributed by atoms with Gasteiger partial charge in [-0.2, -0.15) is 0 Å². The number of rotatable bonds is 0. The molecule has 1 aliphatic heterocycles. The van der Waals surface area contributed by atoms with E-state index in [9.17, 15) is 0 Å². The summed E-state index contributed by atoms with van der Waals surface area (Å²) in [7, 11) is 0. The van der Waals surface area contributed by atoms with E-state index in [-0.39, 0.29) is 11.1 Å². The molecule has 0 radical (unpaired) electrons. The fourth-order valence-electron chi connectivity index (χ4n) is 1.57. The number of aryl methyl sites for hydroxylation is 2. The highest BCUT2D eigenvalue weighted by atomic mass is 35.5. The molecule has 2 nitrogen and oxygen atoms in total. The summed E-state index contributed by atoms with van der Waals surface area (Å²) >= 11 is 12.1. The molecule has 76 valence electrons. The minimum Gasteiger partial charge on any atom is -0.357 e. The Balaban J connectivity index is 2.49. The van der Waals surface area contributed by atoms with Gasteiger partial charge in [-0.15, -0.1) is 11.6 Å². The van der Waals surface area contributed by atoms with Gasteiger partial charge in [0.05, 0.1) is 0 Å². The summed E-state index contributed by atoms with van der Waals surface area (Å²) in [4.78, 5) is 0. The Morgan fingerprint density at radius 3 is 2.50 bits per heavy atom. The molecule has 0 spiro atoms. The van der Waals surface area contributed by atoms with Crippen molar-refractivity contribution in [3.63, 3.8) is 0 Å². The number of anilines is 1. The second kappa shape index (κ2) is 3.61. The third kappa shape index (κ3) is 1.70. The van der Waals surface area contributed by atoms with Gasteiger partial charge in [0.2, 0.25) is 0 Å². The SMILES string of the molecule is Cc1cc2c(cc1C)[C@H](Cl)N[C@@H](Cl)N2. The van der Waals surface area contributed by atoms with E-state index in [1.165, 1.54) is 11.1 Å². The van der Waals surface area contributed by atoms with Gasteiger partial charge in [-0.1, -0.05) is 17.7 Å². The third-order valence-corrected chi connectivity index (χ3v) is 3.11. The number of nitrogens with one attached hydrogen (secondary N) is 2. The molecule has 0 aromatic heterocycles. The Kier molecular flexibility index (Phi) is 2.60. The molecular formula is C10H12Cl2N2. The fraction of sp³-hybridized carbons (Fsp3) is 0.400. The van der Waals surface area contributed by atoms with Crippen LogP contribution < -0.4 is 10.6 Å². The summed E-state index contributed by atoms with van der Waals surface area (Å²) in [5, 5.41) is 6.13. The second-order valence-electron chi connectivity index (χ2n) is 3.56. The van der Waals surface area contributed by atoms with E-state index < -0.39 is 0 Å². The average molecular weight is 231 g/mol. The predicted octanol–water partition coefficient (Wildman–Crippen LogP) is 3.08. The van der Waals surface area contributed by atoms with E-state index in [0.29, 0.717) is 0 Å². The van der Waals surface area contributed by atoms with Crippen molar-refractivity contribution >= 4 is 28.9 Å². The maximum atomic E-state index is 6.13. The zero-order valence-electron chi connectivity index (χ0n) is 8.07. The number of hydrogen-bond acceptors (Lipinski definition) is 2. The molecule has 1 heterocycles. The van der Waals surface area contributed by atoms with Crippen LogP contribution in [0.5, 0.6) is 0 Å². The maximum Gasteiger partial charge on any atom is 0.156 e. The summed E-state index contributed by atoms with van der Waals surface area (Å²) in [5.74, 6) is 0. The highest BCUT2D eigenvalue weighted by Crippen LogP contribution is 2.33. The van der Waals surface area contributed by atoms with Gasteiger partial charge in [-0.3, -0.25) is 5.32 Å². The molecule has 1 aromatic carbocycles. The molecule has 2 rings (SSSR count). The fourth-order valence-corrected chi connectivity index (χ4v) is 2.18. The molecule has 0 fully saturated rings. The van der Waals surface area contributed by atoms with Gasteiger partial charge < -0.3 is 5.32 Å². The van der Waals surface area contributed by atoms with Crippen LogP contribution in [-0.2, 0) is 0 Å². The zero-order valence-corrected chi connectivity index (χ0v) is 9.58. The monoisotopic (exact) mass is 230 g/mol. The van der Waals surface area contributed by atoms with Crippen molar-refractivity contribution in [3.8, 4) is 0 Å². The summed E-state index contributed by atoms with van der Waals surface area (Å²) in [6.07, 6.45) is 0. The Bertz CT molecular complexity index is 365. The molecule has 1 aliphatic rings. The Morgan fingerprint density at radius 1 is 1.14 bits per heavy atom. The molecule has 0 bridgehead atoms. The first kappa shape index (κ1) is 10.1. The number of hydrogen-bond donors (Lipinski definition) is 2. The van der Waals surface area contributed by atoms with Crippen LogP contribution in [0.3, 0.4) is 0 Å². The van der Waals surface area contributed by atoms with Crippen LogP contribution in [0.1, 0.15) is 22.2 Å². The lowest BCUT2D eigenvalue weighted by Crippen LogP contribution is -2.37. The lowest BCUT2D eigenvalue weighted by Gasteiger charge is -2.28. The number of halogens is 2. The number of alkyl halides is 2. The van der Waals surface area contributed by atoms with Crippen LogP contribution in [0.4, 0.5) is 5.69 Å². The summed E-state index contributed by atoms with van der Waals surface area (Å²) in [5.41, 5.74) is 4.05. The van der Waals surface area contributed by atoms with Gasteiger partial charge in [0.25, 0.3) is 0 Å². The van der Waals surface area contributed by atoms with Crippen molar-refractivity contribution < 1.29 is 0 Å². The molecule has 0 amide bonds. The molecule has 0 saturated heterocycles. The van der Waals surface area contributed by atoms with Gasteiger partial charge in [-0.05, 0) is 31.0 Å². The largest absolute Gasteiger partial charge is 0.357 e. The van der Waals surface area contributed by atoms with Crippen molar-refractivity contribution in [2.45, 2.75) is 25.0 Å². The molecule has 1 aromatic rings. The van der Waals surface area contributed by atoms with Gasteiger partial charge in [0.1, 0.15) is 5.50 Å². The van der Waals surface area contributed by atoms with Crippen LogP contribution in [0.2, 0.25) is 0 Å². The molecule has 14 heavy (non-hydrogen) atoms. The van der Waals surface area contributed by atoms with Crippen molar-refractivity contribution in [1.29, 1.82) is 0 Å². The van der Waals surface area contributed by atoms with Crippen molar-refractivity contribution in [2.24, 2.45) is 0 Å². The van der Waals surface area contributed by atoms with E-state index in [1.807, 2.05) is 0 Å². The molecule has 0 saturated carbocycles. The highest BCUT2D eigenvalue weighted by molar-refractivity contribution is 6.24. The van der Waals surface area contributed by atoms with E-state index in [0.717, 1.165) is 11.3 Å². The van der Waals surface area contributed by atoms with Gasteiger partial charge in [-0.25, -0.2) is 0 Å². The van der Waals surface area contributed by atoms with Crippen molar-refractivity contribution in [3.05, 3.63) is 28.8 Å². The summed E-state index contributed by atoms with van der Waals surface area (Å²) < 4.78 is 0. The Hall–Kier alpha value is -0.440. The standard InChI is InChI=1S/C10H12Cl2N2/c1-5-3-7-8(4-6(5)2)13-10(12)14-9(7)11/h3-4,9-10,13-14H,1-2H3/t9-,10+/m1/s1. The molecular weight excluding hydrogens is 219 g/mol. The second-order valence-corrected chi connectivity index (χ2v) is 4.43. The predicted molar refractivity (Wildman–Crippen MR) is 60.9 cm³/mol. The summed E-state index contributed by atoms with van der Waals surface area (Å²) in [6.45, 7) is 4.15. The van der Waals surface area contributed by atoms with Crippen molar-refractivity contribution in [1.82, 2.24) is 5.32 Å². The quantitative estimate of drug-likeness (QED) is 0.529. The normalized spacial score (nSPS) is 25.4. The molecule has 0 aliphatic carbocycles. The van der Waals surface area contributed by atoms with Gasteiger partial charge in [0, 0.05) is 11.3 Å². The van der Waals surface area contributed by atoms with Crippen LogP contribution in [0, 0.1) is 13.8 Å². The first-order chi connectivity index (χ1) is 6.58. The Labute approximate surface area is 93.6 Å². The van der Waals surface area contributed by atoms with E-state index in [4.69, 9.17) is 23.2 Å². The first-order valence-electron chi connectivity index (χ1n) is 4.50. The minimum atomic E-state index is -0.299. The van der Waals surface area contributed by atoms with E-state index in [2.05, 4.69) is 36.6 Å². The average Bonchev–Trinajstić information content (AvgIpc) is 2.08. The molecule has 4 heteroatoms. The minimum absolute atomic E-state index is 0.215. The van der Waals surface area contributed by atoms with Crippen LogP contribution in [0.15, 0.2) is 12.1 Å². The first-order valence-corrected chi connectivity index (χ1v) is 5.37. The topological polar surface area (TPSA) is 24.1 Å². The molecule has 0 unspecified atom stereocenters. The van der Waals surface area contributed by atoms with Crippen molar-refractivity contribution in [2.75, 3.05) is 5.32 Å². The van der Waals surface area contributed by atoms with E-state index in [1.54, 1.807) is 0 Å². The molecule has 2 N–H and O–H groups in total. The molecule has 2 atom stereocenters. The van der Waals surface area contributed by atoms with Crippen LogP contribution in [0.25, 0.3) is 0 Å². The summed E-state index contributed by atoms with van der Waals surface area (Å²) in [6, 6.07) is 4.17. The van der Waals surface area contributed by atoms with Crippen LogP contribution >= 0.6 is 23.2 Å². The Morgan fingerprint density at radius 2 is 1.79 bits per heavy atom. The van der Waals surface area contributed by atoms with E-state index >= 15 is 0 Å². The zero-order chi connectivity index (χ0) is 10.3. The maximum absolute atomic E-state index is 6.13.